The van der Waals surface area contributed by atoms with E-state index in [2.05, 4.69) is 36.2 Å². The van der Waals surface area contributed by atoms with Crippen LogP contribution in [-0.2, 0) is 13.1 Å². The van der Waals surface area contributed by atoms with Crippen LogP contribution in [0.2, 0.25) is 0 Å². The summed E-state index contributed by atoms with van der Waals surface area (Å²) >= 11 is 0. The highest BCUT2D eigenvalue weighted by Gasteiger charge is 2.19. The molecule has 0 spiro atoms. The average molecular weight is 355 g/mol. The molecule has 1 atom stereocenters. The van der Waals surface area contributed by atoms with Gasteiger partial charge in [0.2, 0.25) is 6.79 Å². The Bertz CT molecular complexity index is 755. The molecular weight excluding hydrogens is 328 g/mol. The van der Waals surface area contributed by atoms with Crippen molar-refractivity contribution >= 4 is 5.69 Å². The number of phenolic OH excluding ortho intramolecular Hbond substituents is 1. The Labute approximate surface area is 154 Å². The van der Waals surface area contributed by atoms with Crippen molar-refractivity contribution in [1.29, 1.82) is 0 Å². The number of piperidine rings is 1. The third-order valence-electron chi connectivity index (χ3n) is 5.23. The summed E-state index contributed by atoms with van der Waals surface area (Å²) in [7, 11) is 2.14. The highest BCUT2D eigenvalue weighted by Crippen LogP contribution is 2.37. The summed E-state index contributed by atoms with van der Waals surface area (Å²) in [5.41, 5.74) is 3.53. The van der Waals surface area contributed by atoms with Crippen LogP contribution >= 0.6 is 0 Å². The highest BCUT2D eigenvalue weighted by molar-refractivity contribution is 5.51. The molecule has 1 saturated heterocycles. The number of hydrogen-bond donors (Lipinski definition) is 2. The lowest BCUT2D eigenvalue weighted by molar-refractivity contribution is -0.907. The molecule has 0 aliphatic carbocycles. The van der Waals surface area contributed by atoms with Crippen LogP contribution in [-0.4, -0.2) is 32.0 Å². The second kappa shape index (κ2) is 7.46. The number of aromatic hydroxyl groups is 1. The van der Waals surface area contributed by atoms with E-state index in [9.17, 15) is 5.11 Å². The molecule has 2 aliphatic rings. The molecule has 0 saturated carbocycles. The average Bonchev–Trinajstić information content (AvgIpc) is 3.10. The molecule has 0 bridgehead atoms. The first-order valence-corrected chi connectivity index (χ1v) is 9.46. The Kier molecular flexibility index (Phi) is 4.89. The first-order chi connectivity index (χ1) is 12.7. The lowest BCUT2D eigenvalue weighted by atomic mass is 10.1. The van der Waals surface area contributed by atoms with Crippen molar-refractivity contribution in [1.82, 2.24) is 0 Å². The van der Waals surface area contributed by atoms with Crippen LogP contribution in [0.1, 0.15) is 30.4 Å². The standard InChI is InChI=1S/C21H26N2O3/c1-22(14-17-11-20-21(12-19(17)24)26-15-25-20)13-16-5-7-18(8-6-16)23-9-3-2-4-10-23/h5-8,11-12,24H,2-4,9-10,13-15H2,1H3/p+1. The number of ether oxygens (including phenoxy) is 2. The summed E-state index contributed by atoms with van der Waals surface area (Å²) < 4.78 is 10.7. The van der Waals surface area contributed by atoms with Gasteiger partial charge in [0.25, 0.3) is 0 Å². The lowest BCUT2D eigenvalue weighted by Crippen LogP contribution is -3.06. The van der Waals surface area contributed by atoms with Gasteiger partial charge in [-0.2, -0.15) is 0 Å². The van der Waals surface area contributed by atoms with Crippen molar-refractivity contribution in [2.75, 3.05) is 31.8 Å². The molecular formula is C21H27N2O3+. The fourth-order valence-electron chi connectivity index (χ4n) is 3.83. The molecule has 5 heteroatoms. The van der Waals surface area contributed by atoms with Gasteiger partial charge in [-0.1, -0.05) is 12.1 Å². The number of rotatable bonds is 5. The normalized spacial score (nSPS) is 17.3. The zero-order chi connectivity index (χ0) is 17.9. The highest BCUT2D eigenvalue weighted by atomic mass is 16.7. The van der Waals surface area contributed by atoms with Crippen LogP contribution in [0.5, 0.6) is 17.2 Å². The molecule has 2 aromatic rings. The fourth-order valence-corrected chi connectivity index (χ4v) is 3.83. The summed E-state index contributed by atoms with van der Waals surface area (Å²) in [5, 5.41) is 10.2. The van der Waals surface area contributed by atoms with Crippen LogP contribution in [0.4, 0.5) is 5.69 Å². The van der Waals surface area contributed by atoms with Crippen molar-refractivity contribution in [3.8, 4) is 17.2 Å². The van der Waals surface area contributed by atoms with Crippen molar-refractivity contribution in [2.24, 2.45) is 0 Å². The molecule has 5 nitrogen and oxygen atoms in total. The molecule has 2 heterocycles. The maximum Gasteiger partial charge on any atom is 0.231 e. The van der Waals surface area contributed by atoms with Gasteiger partial charge in [0, 0.05) is 30.4 Å². The minimum Gasteiger partial charge on any atom is -0.507 e. The molecule has 2 N–H and O–H groups in total. The van der Waals surface area contributed by atoms with Gasteiger partial charge in [0.1, 0.15) is 18.8 Å². The van der Waals surface area contributed by atoms with Crippen LogP contribution in [0.3, 0.4) is 0 Å². The largest absolute Gasteiger partial charge is 0.507 e. The third kappa shape index (κ3) is 3.73. The summed E-state index contributed by atoms with van der Waals surface area (Å²) in [6, 6.07) is 12.5. The number of benzene rings is 2. The molecule has 2 aliphatic heterocycles. The molecule has 0 aromatic heterocycles. The van der Waals surface area contributed by atoms with Crippen molar-refractivity contribution in [3.05, 3.63) is 47.5 Å². The number of quaternary nitrogens is 1. The summed E-state index contributed by atoms with van der Waals surface area (Å²) in [5.74, 6) is 1.61. The van der Waals surface area contributed by atoms with Crippen molar-refractivity contribution in [3.63, 3.8) is 0 Å². The van der Waals surface area contributed by atoms with Gasteiger partial charge in [-0.3, -0.25) is 0 Å². The van der Waals surface area contributed by atoms with E-state index < -0.39 is 0 Å². The van der Waals surface area contributed by atoms with Crippen LogP contribution in [0, 0.1) is 0 Å². The summed E-state index contributed by atoms with van der Waals surface area (Å²) in [4.78, 5) is 3.79. The van der Waals surface area contributed by atoms with E-state index in [1.807, 2.05) is 6.07 Å². The Morgan fingerprint density at radius 1 is 0.962 bits per heavy atom. The topological polar surface area (TPSA) is 46.4 Å². The second-order valence-corrected chi connectivity index (χ2v) is 7.36. The molecule has 4 rings (SSSR count). The molecule has 26 heavy (non-hydrogen) atoms. The number of nitrogens with one attached hydrogen (secondary N) is 1. The predicted octanol–water partition coefficient (Wildman–Crippen LogP) is 2.33. The Hall–Kier alpha value is -2.40. The molecule has 2 aromatic carbocycles. The Morgan fingerprint density at radius 2 is 1.65 bits per heavy atom. The zero-order valence-electron chi connectivity index (χ0n) is 15.3. The second-order valence-electron chi connectivity index (χ2n) is 7.36. The molecule has 1 fully saturated rings. The van der Waals surface area contributed by atoms with Gasteiger partial charge in [-0.25, -0.2) is 0 Å². The van der Waals surface area contributed by atoms with E-state index in [-0.39, 0.29) is 12.5 Å². The number of fused-ring (bicyclic) bond motifs is 1. The minimum absolute atomic E-state index is 0.226. The van der Waals surface area contributed by atoms with E-state index in [1.54, 1.807) is 6.07 Å². The van der Waals surface area contributed by atoms with Gasteiger partial charge in [-0.15, -0.1) is 0 Å². The van der Waals surface area contributed by atoms with Gasteiger partial charge >= 0.3 is 0 Å². The van der Waals surface area contributed by atoms with Gasteiger partial charge in [0.05, 0.1) is 12.6 Å². The smallest absolute Gasteiger partial charge is 0.231 e. The lowest BCUT2D eigenvalue weighted by Gasteiger charge is -2.29. The van der Waals surface area contributed by atoms with E-state index in [4.69, 9.17) is 9.47 Å². The van der Waals surface area contributed by atoms with E-state index in [0.717, 1.165) is 24.4 Å². The van der Waals surface area contributed by atoms with Gasteiger partial charge < -0.3 is 24.4 Å². The molecule has 0 radical (unpaired) electrons. The SMILES string of the molecule is C[NH+](Cc1ccc(N2CCCCC2)cc1)Cc1cc2c(cc1O)OCO2. The van der Waals surface area contributed by atoms with E-state index in [1.165, 1.54) is 48.5 Å². The maximum absolute atomic E-state index is 10.2. The summed E-state index contributed by atoms with van der Waals surface area (Å²) in [6.45, 7) is 4.22. The fraction of sp³-hybridized carbons (Fsp3) is 0.429. The van der Waals surface area contributed by atoms with Crippen molar-refractivity contribution in [2.45, 2.75) is 32.4 Å². The predicted molar refractivity (Wildman–Crippen MR) is 101 cm³/mol. The van der Waals surface area contributed by atoms with E-state index in [0.29, 0.717) is 5.75 Å². The molecule has 0 amide bonds. The first kappa shape index (κ1) is 17.0. The van der Waals surface area contributed by atoms with Gasteiger partial charge in [-0.05, 0) is 37.5 Å². The van der Waals surface area contributed by atoms with Crippen LogP contribution in [0.25, 0.3) is 0 Å². The molecule has 1 unspecified atom stereocenters. The number of nitrogens with zero attached hydrogens (tertiary/aromatic N) is 1. The van der Waals surface area contributed by atoms with Crippen molar-refractivity contribution < 1.29 is 19.5 Å². The minimum atomic E-state index is 0.226. The quantitative estimate of drug-likeness (QED) is 0.864. The first-order valence-electron chi connectivity index (χ1n) is 9.46. The number of phenols is 1. The maximum atomic E-state index is 10.2. The number of anilines is 1. The third-order valence-corrected chi connectivity index (χ3v) is 5.23. The van der Waals surface area contributed by atoms with Crippen LogP contribution in [0.15, 0.2) is 36.4 Å². The Balaban J connectivity index is 1.38. The summed E-state index contributed by atoms with van der Waals surface area (Å²) in [6.07, 6.45) is 3.96. The Morgan fingerprint density at radius 3 is 2.38 bits per heavy atom. The van der Waals surface area contributed by atoms with E-state index >= 15 is 0 Å². The van der Waals surface area contributed by atoms with Crippen LogP contribution < -0.4 is 19.3 Å². The van der Waals surface area contributed by atoms with Gasteiger partial charge in [0.15, 0.2) is 11.5 Å². The number of hydrogen-bond acceptors (Lipinski definition) is 4. The molecule has 138 valence electrons. The monoisotopic (exact) mass is 355 g/mol. The zero-order valence-corrected chi connectivity index (χ0v) is 15.3.